The van der Waals surface area contributed by atoms with E-state index in [0.717, 1.165) is 26.0 Å². The zero-order valence-corrected chi connectivity index (χ0v) is 10.6. The normalized spacial score (nSPS) is 23.6. The van der Waals surface area contributed by atoms with Gasteiger partial charge in [-0.15, -0.1) is 0 Å². The van der Waals surface area contributed by atoms with Crippen molar-refractivity contribution in [1.29, 1.82) is 0 Å². The zero-order chi connectivity index (χ0) is 12.3. The summed E-state index contributed by atoms with van der Waals surface area (Å²) in [5, 5.41) is 2.34. The predicted octanol–water partition coefficient (Wildman–Crippen LogP) is 1.85. The van der Waals surface area contributed by atoms with Gasteiger partial charge in [-0.1, -0.05) is 12.1 Å². The van der Waals surface area contributed by atoms with Gasteiger partial charge in [0.1, 0.15) is 12.4 Å². The maximum Gasteiger partial charge on any atom is 0.123 e. The first kappa shape index (κ1) is 12.5. The van der Waals surface area contributed by atoms with E-state index in [1.807, 2.05) is 12.1 Å². The topological polar surface area (TPSA) is 25.8 Å². The molecule has 0 spiro atoms. The van der Waals surface area contributed by atoms with Crippen LogP contribution in [0.3, 0.4) is 0 Å². The minimum atomic E-state index is -0.166. The first-order valence-corrected chi connectivity index (χ1v) is 6.27. The summed E-state index contributed by atoms with van der Waals surface area (Å²) in [5.74, 6) is -0.166. The number of ether oxygens (including phenoxy) is 1. The highest BCUT2D eigenvalue weighted by atomic mass is 19.1. The summed E-state index contributed by atoms with van der Waals surface area (Å²) in [7, 11) is 0. The van der Waals surface area contributed by atoms with Crippen molar-refractivity contribution >= 4 is 0 Å². The minimum Gasteiger partial charge on any atom is -0.375 e. The van der Waals surface area contributed by atoms with Crippen molar-refractivity contribution in [3.63, 3.8) is 0 Å². The summed E-state index contributed by atoms with van der Waals surface area (Å²) in [6.07, 6.45) is 2.18. The maximum absolute atomic E-state index is 12.8. The number of benzene rings is 1. The summed E-state index contributed by atoms with van der Waals surface area (Å²) in [5.41, 5.74) is 1.18. The molecule has 1 aliphatic rings. The smallest absolute Gasteiger partial charge is 0.123 e. The Kier molecular flexibility index (Phi) is 3.79. The molecule has 2 nitrogen and oxygen atoms in total. The van der Waals surface area contributed by atoms with Gasteiger partial charge < -0.3 is 10.1 Å². The molecule has 1 saturated heterocycles. The van der Waals surface area contributed by atoms with Crippen molar-refractivity contribution in [3.05, 3.63) is 35.6 Å². The summed E-state index contributed by atoms with van der Waals surface area (Å²) >= 11 is 0. The van der Waals surface area contributed by atoms with Crippen LogP contribution in [-0.2, 0) is 11.3 Å². The molecule has 1 aliphatic heterocycles. The second-order valence-corrected chi connectivity index (χ2v) is 5.43. The Balaban J connectivity index is 1.84. The van der Waals surface area contributed by atoms with E-state index >= 15 is 0 Å². The van der Waals surface area contributed by atoms with E-state index < -0.39 is 0 Å². The Morgan fingerprint density at radius 1 is 1.35 bits per heavy atom. The van der Waals surface area contributed by atoms with Gasteiger partial charge in [0, 0.05) is 18.4 Å². The fraction of sp³-hybridized carbons (Fsp3) is 0.571. The third-order valence-corrected chi connectivity index (χ3v) is 3.34. The largest absolute Gasteiger partial charge is 0.375 e. The number of hydrogen-bond donors (Lipinski definition) is 1. The molecule has 3 heteroatoms. The van der Waals surface area contributed by atoms with Crippen LogP contribution >= 0.6 is 0 Å². The summed E-state index contributed by atoms with van der Waals surface area (Å²) in [6.45, 7) is 6.05. The van der Waals surface area contributed by atoms with Gasteiger partial charge in [0.05, 0.1) is 18.2 Å². The molecule has 0 saturated carbocycles. The Morgan fingerprint density at radius 3 is 2.71 bits per heavy atom. The minimum absolute atomic E-state index is 0.00220. The van der Waals surface area contributed by atoms with Crippen LogP contribution in [0.25, 0.3) is 0 Å². The van der Waals surface area contributed by atoms with Gasteiger partial charge in [-0.25, -0.2) is 4.39 Å². The number of quaternary nitrogens is 1. The quantitative estimate of drug-likeness (QED) is 0.854. The molecule has 0 radical (unpaired) electrons. The zero-order valence-electron chi connectivity index (χ0n) is 10.6. The van der Waals surface area contributed by atoms with Crippen molar-refractivity contribution in [1.82, 2.24) is 0 Å². The monoisotopic (exact) mass is 238 g/mol. The third-order valence-electron chi connectivity index (χ3n) is 3.34. The third kappa shape index (κ3) is 3.79. The highest BCUT2D eigenvalue weighted by Crippen LogP contribution is 2.22. The molecular weight excluding hydrogens is 217 g/mol. The lowest BCUT2D eigenvalue weighted by atomic mass is 9.94. The van der Waals surface area contributed by atoms with Gasteiger partial charge in [0.2, 0.25) is 0 Å². The molecule has 2 rings (SSSR count). The highest BCUT2D eigenvalue weighted by Gasteiger charge is 2.30. The number of hydrogen-bond acceptors (Lipinski definition) is 1. The van der Waals surface area contributed by atoms with Crippen LogP contribution in [-0.4, -0.2) is 18.2 Å². The van der Waals surface area contributed by atoms with Crippen LogP contribution in [0.4, 0.5) is 4.39 Å². The van der Waals surface area contributed by atoms with E-state index in [4.69, 9.17) is 4.74 Å². The molecule has 2 N–H and O–H groups in total. The lowest BCUT2D eigenvalue weighted by Crippen LogP contribution is -2.89. The van der Waals surface area contributed by atoms with E-state index in [2.05, 4.69) is 19.2 Å². The molecule has 94 valence electrons. The first-order chi connectivity index (χ1) is 8.05. The van der Waals surface area contributed by atoms with E-state index in [-0.39, 0.29) is 11.4 Å². The van der Waals surface area contributed by atoms with Gasteiger partial charge in [-0.3, -0.25) is 0 Å². The van der Waals surface area contributed by atoms with Crippen LogP contribution < -0.4 is 5.32 Å². The Hall–Kier alpha value is -0.930. The Morgan fingerprint density at radius 2 is 2.06 bits per heavy atom. The first-order valence-electron chi connectivity index (χ1n) is 6.27. The summed E-state index contributed by atoms with van der Waals surface area (Å²) < 4.78 is 18.5. The number of rotatable bonds is 3. The SMILES string of the molecule is CC1(C)C[C@@H]([NH2+]Cc2ccc(F)cc2)CCO1. The van der Waals surface area contributed by atoms with Crippen molar-refractivity contribution < 1.29 is 14.4 Å². The van der Waals surface area contributed by atoms with Gasteiger partial charge in [0.25, 0.3) is 0 Å². The molecule has 1 fully saturated rings. The highest BCUT2D eigenvalue weighted by molar-refractivity contribution is 5.14. The van der Waals surface area contributed by atoms with Crippen molar-refractivity contribution in [2.24, 2.45) is 0 Å². The Labute approximate surface area is 102 Å². The second kappa shape index (κ2) is 5.15. The predicted molar refractivity (Wildman–Crippen MR) is 65.1 cm³/mol. The molecule has 1 aromatic carbocycles. The molecule has 1 aromatic rings. The van der Waals surface area contributed by atoms with E-state index in [1.165, 1.54) is 17.7 Å². The molecule has 0 unspecified atom stereocenters. The average Bonchev–Trinajstić information content (AvgIpc) is 2.27. The van der Waals surface area contributed by atoms with Crippen LogP contribution in [0.2, 0.25) is 0 Å². The van der Waals surface area contributed by atoms with Crippen molar-refractivity contribution in [2.75, 3.05) is 6.61 Å². The Bertz CT molecular complexity index is 361. The molecule has 17 heavy (non-hydrogen) atoms. The number of halogens is 1. The standard InChI is InChI=1S/C14H20FNO/c1-14(2)9-13(7-8-17-14)16-10-11-3-5-12(15)6-4-11/h3-6,13,16H,7-10H2,1-2H3/p+1/t13-/m0/s1. The van der Waals surface area contributed by atoms with E-state index in [1.54, 1.807) is 0 Å². The lowest BCUT2D eigenvalue weighted by molar-refractivity contribution is -0.709. The van der Waals surface area contributed by atoms with Crippen LogP contribution in [0.1, 0.15) is 32.3 Å². The summed E-state index contributed by atoms with van der Waals surface area (Å²) in [6, 6.07) is 7.38. The summed E-state index contributed by atoms with van der Waals surface area (Å²) in [4.78, 5) is 0. The van der Waals surface area contributed by atoms with E-state index in [0.29, 0.717) is 6.04 Å². The van der Waals surface area contributed by atoms with Crippen LogP contribution in [0.5, 0.6) is 0 Å². The lowest BCUT2D eigenvalue weighted by Gasteiger charge is -2.34. The molecule has 0 amide bonds. The van der Waals surface area contributed by atoms with Crippen molar-refractivity contribution in [3.8, 4) is 0 Å². The van der Waals surface area contributed by atoms with Crippen LogP contribution in [0.15, 0.2) is 24.3 Å². The van der Waals surface area contributed by atoms with Crippen molar-refractivity contribution in [2.45, 2.75) is 44.9 Å². The molecule has 1 atom stereocenters. The number of nitrogens with two attached hydrogens (primary N) is 1. The molecular formula is C14H21FNO+. The molecule has 0 aliphatic carbocycles. The molecule has 0 bridgehead atoms. The van der Waals surface area contributed by atoms with Gasteiger partial charge in [-0.05, 0) is 26.0 Å². The maximum atomic E-state index is 12.8. The molecule has 1 heterocycles. The van der Waals surface area contributed by atoms with Gasteiger partial charge >= 0.3 is 0 Å². The second-order valence-electron chi connectivity index (χ2n) is 5.43. The van der Waals surface area contributed by atoms with Crippen LogP contribution in [0, 0.1) is 5.82 Å². The van der Waals surface area contributed by atoms with Gasteiger partial charge in [-0.2, -0.15) is 0 Å². The average molecular weight is 238 g/mol. The van der Waals surface area contributed by atoms with Gasteiger partial charge in [0.15, 0.2) is 0 Å². The van der Waals surface area contributed by atoms with E-state index in [9.17, 15) is 4.39 Å². The molecule has 0 aromatic heterocycles. The fourth-order valence-corrected chi connectivity index (χ4v) is 2.40. The fourth-order valence-electron chi connectivity index (χ4n) is 2.40.